The molecule has 0 saturated carbocycles. The maximum Gasteiger partial charge on any atom is 0.164 e. The van der Waals surface area contributed by atoms with Gasteiger partial charge in [-0.1, -0.05) is 37.1 Å². The zero-order valence-electron chi connectivity index (χ0n) is 8.64. The third kappa shape index (κ3) is 2.58. The van der Waals surface area contributed by atoms with E-state index >= 15 is 0 Å². The monoisotopic (exact) mass is 210 g/mol. The first-order chi connectivity index (χ1) is 6.66. The minimum Gasteiger partial charge on any atom is -0.294 e. The van der Waals surface area contributed by atoms with Gasteiger partial charge >= 0.3 is 0 Å². The number of hydrogen-bond donors (Lipinski definition) is 0. The number of carbonyl (C=O) groups excluding carboxylic acids is 1. The summed E-state index contributed by atoms with van der Waals surface area (Å²) in [4.78, 5) is 11.8. The van der Waals surface area contributed by atoms with Gasteiger partial charge in [-0.05, 0) is 25.0 Å². The molecule has 0 N–H and O–H groups in total. The molecule has 0 spiro atoms. The van der Waals surface area contributed by atoms with Crippen LogP contribution >= 0.6 is 11.6 Å². The van der Waals surface area contributed by atoms with Crippen molar-refractivity contribution in [3.8, 4) is 0 Å². The van der Waals surface area contributed by atoms with Gasteiger partial charge in [0.1, 0.15) is 0 Å². The molecule has 0 heterocycles. The molecule has 1 aromatic carbocycles. The van der Waals surface area contributed by atoms with Gasteiger partial charge in [-0.15, -0.1) is 0 Å². The lowest BCUT2D eigenvalue weighted by Crippen LogP contribution is -2.02. The van der Waals surface area contributed by atoms with Crippen LogP contribution in [0.5, 0.6) is 0 Å². The molecule has 0 amide bonds. The number of hydrogen-bond acceptors (Lipinski definition) is 1. The lowest BCUT2D eigenvalue weighted by Gasteiger charge is -2.06. The van der Waals surface area contributed by atoms with E-state index in [1.807, 2.05) is 19.1 Å². The number of halogens is 1. The Kier molecular flexibility index (Phi) is 4.15. The van der Waals surface area contributed by atoms with Crippen molar-refractivity contribution < 1.29 is 4.79 Å². The lowest BCUT2D eigenvalue weighted by atomic mass is 10.0. The Morgan fingerprint density at radius 1 is 1.43 bits per heavy atom. The molecule has 0 aromatic heterocycles. The molecule has 0 bridgehead atoms. The molecule has 14 heavy (non-hydrogen) atoms. The molecule has 0 aliphatic heterocycles. The van der Waals surface area contributed by atoms with Gasteiger partial charge in [0.15, 0.2) is 5.78 Å². The molecule has 0 fully saturated rings. The zero-order chi connectivity index (χ0) is 10.6. The van der Waals surface area contributed by atoms with E-state index in [4.69, 9.17) is 11.6 Å². The van der Waals surface area contributed by atoms with E-state index in [9.17, 15) is 4.79 Å². The second kappa shape index (κ2) is 5.16. The first-order valence-corrected chi connectivity index (χ1v) is 5.33. The highest BCUT2D eigenvalue weighted by atomic mass is 35.5. The van der Waals surface area contributed by atoms with Crippen molar-refractivity contribution in [1.82, 2.24) is 0 Å². The fourth-order valence-electron chi connectivity index (χ4n) is 1.45. The summed E-state index contributed by atoms with van der Waals surface area (Å²) in [5.41, 5.74) is 1.67. The zero-order valence-corrected chi connectivity index (χ0v) is 9.40. The predicted octanol–water partition coefficient (Wildman–Crippen LogP) is 4.02. The van der Waals surface area contributed by atoms with Crippen LogP contribution in [-0.2, 0) is 0 Å². The number of rotatable bonds is 4. The fraction of sp³-hybridized carbons (Fsp3) is 0.417. The summed E-state index contributed by atoms with van der Waals surface area (Å²) in [6, 6.07) is 5.56. The minimum atomic E-state index is 0.162. The smallest absolute Gasteiger partial charge is 0.164 e. The third-order valence-corrected chi connectivity index (χ3v) is 2.57. The summed E-state index contributed by atoms with van der Waals surface area (Å²) in [6.07, 6.45) is 2.57. The molecule has 76 valence electrons. The van der Waals surface area contributed by atoms with Crippen molar-refractivity contribution in [2.75, 3.05) is 0 Å². The van der Waals surface area contributed by atoms with Crippen LogP contribution in [0, 0.1) is 6.92 Å². The van der Waals surface area contributed by atoms with E-state index in [1.54, 1.807) is 6.07 Å². The number of Topliss-reactive ketones (excluding diaryl/α,β-unsaturated/α-hetero) is 1. The highest BCUT2D eigenvalue weighted by Gasteiger charge is 2.11. The van der Waals surface area contributed by atoms with Gasteiger partial charge in [0.25, 0.3) is 0 Å². The summed E-state index contributed by atoms with van der Waals surface area (Å²) in [7, 11) is 0. The number of aryl methyl sites for hydroxylation is 1. The van der Waals surface area contributed by atoms with Crippen molar-refractivity contribution in [2.24, 2.45) is 0 Å². The van der Waals surface area contributed by atoms with Crippen LogP contribution in [-0.4, -0.2) is 5.78 Å². The minimum absolute atomic E-state index is 0.162. The van der Waals surface area contributed by atoms with E-state index in [1.165, 1.54) is 0 Å². The first-order valence-electron chi connectivity index (χ1n) is 4.95. The standard InChI is InChI=1S/C12H15ClO/c1-3-4-8-11(14)12-9(2)6-5-7-10(12)13/h5-7H,3-4,8H2,1-2H3. The fourth-order valence-corrected chi connectivity index (χ4v) is 1.77. The molecule has 0 saturated heterocycles. The van der Waals surface area contributed by atoms with Crippen LogP contribution in [0.4, 0.5) is 0 Å². The molecule has 1 rings (SSSR count). The number of unbranched alkanes of at least 4 members (excludes halogenated alkanes) is 1. The van der Waals surface area contributed by atoms with Crippen molar-refractivity contribution in [1.29, 1.82) is 0 Å². The van der Waals surface area contributed by atoms with E-state index < -0.39 is 0 Å². The van der Waals surface area contributed by atoms with Gasteiger partial charge < -0.3 is 0 Å². The highest BCUT2D eigenvalue weighted by Crippen LogP contribution is 2.21. The van der Waals surface area contributed by atoms with Crippen LogP contribution in [0.2, 0.25) is 5.02 Å². The number of carbonyl (C=O) groups is 1. The van der Waals surface area contributed by atoms with Crippen molar-refractivity contribution in [3.63, 3.8) is 0 Å². The lowest BCUT2D eigenvalue weighted by molar-refractivity contribution is 0.0979. The largest absolute Gasteiger partial charge is 0.294 e. The third-order valence-electron chi connectivity index (χ3n) is 2.26. The Morgan fingerprint density at radius 3 is 2.71 bits per heavy atom. The topological polar surface area (TPSA) is 17.1 Å². The van der Waals surface area contributed by atoms with Crippen LogP contribution in [0.1, 0.15) is 42.1 Å². The van der Waals surface area contributed by atoms with Crippen molar-refractivity contribution in [2.45, 2.75) is 33.1 Å². The molecule has 1 aromatic rings. The summed E-state index contributed by atoms with van der Waals surface area (Å²) in [5, 5.41) is 0.575. The molecular formula is C12H15ClO. The number of ketones is 1. The second-order valence-corrected chi connectivity index (χ2v) is 3.87. The van der Waals surface area contributed by atoms with Gasteiger partial charge in [-0.25, -0.2) is 0 Å². The molecule has 0 radical (unpaired) electrons. The average molecular weight is 211 g/mol. The maximum atomic E-state index is 11.8. The molecule has 0 aliphatic carbocycles. The summed E-state index contributed by atoms with van der Waals surface area (Å²) in [5.74, 6) is 0.162. The second-order valence-electron chi connectivity index (χ2n) is 3.46. The Labute approximate surface area is 90.1 Å². The molecule has 0 aliphatic rings. The van der Waals surface area contributed by atoms with E-state index in [0.717, 1.165) is 18.4 Å². The number of benzene rings is 1. The van der Waals surface area contributed by atoms with Crippen LogP contribution < -0.4 is 0 Å². The summed E-state index contributed by atoms with van der Waals surface area (Å²) >= 11 is 5.98. The Bertz CT molecular complexity index is 311. The first kappa shape index (κ1) is 11.3. The molecule has 2 heteroatoms. The van der Waals surface area contributed by atoms with Crippen LogP contribution in [0.3, 0.4) is 0 Å². The maximum absolute atomic E-state index is 11.8. The Hall–Kier alpha value is -0.820. The van der Waals surface area contributed by atoms with Crippen LogP contribution in [0.25, 0.3) is 0 Å². The summed E-state index contributed by atoms with van der Waals surface area (Å²) in [6.45, 7) is 4.00. The predicted molar refractivity (Wildman–Crippen MR) is 60.0 cm³/mol. The normalized spacial score (nSPS) is 10.2. The average Bonchev–Trinajstić information content (AvgIpc) is 2.14. The van der Waals surface area contributed by atoms with Gasteiger partial charge in [0.2, 0.25) is 0 Å². The van der Waals surface area contributed by atoms with Gasteiger partial charge in [0.05, 0.1) is 5.02 Å². The van der Waals surface area contributed by atoms with E-state index in [0.29, 0.717) is 17.0 Å². The van der Waals surface area contributed by atoms with Crippen molar-refractivity contribution in [3.05, 3.63) is 34.3 Å². The van der Waals surface area contributed by atoms with Crippen molar-refractivity contribution >= 4 is 17.4 Å². The Morgan fingerprint density at radius 2 is 2.14 bits per heavy atom. The van der Waals surface area contributed by atoms with Gasteiger partial charge in [-0.2, -0.15) is 0 Å². The molecule has 0 atom stereocenters. The van der Waals surface area contributed by atoms with E-state index in [-0.39, 0.29) is 5.78 Å². The molecular weight excluding hydrogens is 196 g/mol. The molecule has 0 unspecified atom stereocenters. The van der Waals surface area contributed by atoms with Gasteiger partial charge in [-0.3, -0.25) is 4.79 Å². The summed E-state index contributed by atoms with van der Waals surface area (Å²) < 4.78 is 0. The van der Waals surface area contributed by atoms with E-state index in [2.05, 4.69) is 6.92 Å². The SMILES string of the molecule is CCCCC(=O)c1c(C)cccc1Cl. The van der Waals surface area contributed by atoms with Crippen LogP contribution in [0.15, 0.2) is 18.2 Å². The quantitative estimate of drug-likeness (QED) is 0.686. The van der Waals surface area contributed by atoms with Gasteiger partial charge in [0, 0.05) is 12.0 Å². The molecule has 1 nitrogen and oxygen atoms in total. The highest BCUT2D eigenvalue weighted by molar-refractivity contribution is 6.34. The Balaban J connectivity index is 2.89.